The van der Waals surface area contributed by atoms with E-state index in [1.165, 1.54) is 22.8 Å². The van der Waals surface area contributed by atoms with Gasteiger partial charge in [0.15, 0.2) is 0 Å². The lowest BCUT2D eigenvalue weighted by atomic mass is 9.93. The minimum atomic E-state index is 0.152. The van der Waals surface area contributed by atoms with E-state index in [9.17, 15) is 4.79 Å². The molecule has 1 heterocycles. The molecule has 1 saturated carbocycles. The number of ketones is 1. The zero-order chi connectivity index (χ0) is 15.3. The lowest BCUT2D eigenvalue weighted by molar-refractivity contribution is -0.120. The predicted octanol–water partition coefficient (Wildman–Crippen LogP) is 3.85. The van der Waals surface area contributed by atoms with Gasteiger partial charge in [0.2, 0.25) is 0 Å². The Labute approximate surface area is 132 Å². The summed E-state index contributed by atoms with van der Waals surface area (Å²) in [6.45, 7) is 2.81. The molecule has 2 aliphatic rings. The van der Waals surface area contributed by atoms with Gasteiger partial charge in [-0.1, -0.05) is 42.5 Å². The van der Waals surface area contributed by atoms with Crippen LogP contribution in [0.1, 0.15) is 31.2 Å². The van der Waals surface area contributed by atoms with Crippen molar-refractivity contribution < 1.29 is 4.79 Å². The van der Waals surface area contributed by atoms with Crippen LogP contribution in [0.2, 0.25) is 0 Å². The van der Waals surface area contributed by atoms with Crippen molar-refractivity contribution in [2.24, 2.45) is 11.8 Å². The van der Waals surface area contributed by atoms with Crippen molar-refractivity contribution >= 4 is 16.6 Å². The molecule has 0 bridgehead atoms. The Morgan fingerprint density at radius 1 is 1.09 bits per heavy atom. The summed E-state index contributed by atoms with van der Waals surface area (Å²) in [5.74, 6) is 2.46. The van der Waals surface area contributed by atoms with Crippen LogP contribution in [0.3, 0.4) is 0 Å². The zero-order valence-electron chi connectivity index (χ0n) is 13.3. The summed E-state index contributed by atoms with van der Waals surface area (Å²) in [6.07, 6.45) is 2.34. The van der Waals surface area contributed by atoms with E-state index >= 15 is 0 Å². The Balaban J connectivity index is 1.56. The van der Waals surface area contributed by atoms with E-state index < -0.39 is 0 Å². The van der Waals surface area contributed by atoms with Crippen molar-refractivity contribution in [2.45, 2.75) is 31.7 Å². The molecule has 2 aromatic carbocycles. The Hall–Kier alpha value is -1.67. The highest BCUT2D eigenvalue weighted by Crippen LogP contribution is 2.55. The van der Waals surface area contributed by atoms with Crippen LogP contribution in [-0.2, 0) is 4.79 Å². The van der Waals surface area contributed by atoms with Gasteiger partial charge in [-0.2, -0.15) is 0 Å². The molecule has 0 spiro atoms. The van der Waals surface area contributed by atoms with E-state index in [1.54, 1.807) is 6.92 Å². The van der Waals surface area contributed by atoms with Crippen LogP contribution >= 0.6 is 0 Å². The summed E-state index contributed by atoms with van der Waals surface area (Å²) in [4.78, 5) is 14.0. The largest absolute Gasteiger partial charge is 0.298 e. The van der Waals surface area contributed by atoms with E-state index in [1.807, 2.05) is 0 Å². The third-order valence-electron chi connectivity index (χ3n) is 5.72. The number of carbonyl (C=O) groups is 1. The number of likely N-dealkylation sites (N-methyl/N-ethyl adjacent to an activating group) is 1. The van der Waals surface area contributed by atoms with E-state index in [-0.39, 0.29) is 6.04 Å². The number of benzene rings is 2. The van der Waals surface area contributed by atoms with Gasteiger partial charge in [0.1, 0.15) is 5.78 Å². The molecule has 22 heavy (non-hydrogen) atoms. The number of carbonyl (C=O) groups excluding carboxylic acids is 1. The van der Waals surface area contributed by atoms with Crippen molar-refractivity contribution in [1.82, 2.24) is 4.90 Å². The average molecular weight is 293 g/mol. The van der Waals surface area contributed by atoms with Gasteiger partial charge in [-0.15, -0.1) is 0 Å². The Morgan fingerprint density at radius 3 is 2.64 bits per heavy atom. The first-order valence-corrected chi connectivity index (χ1v) is 8.33. The molecule has 1 aliphatic carbocycles. The molecular weight excluding hydrogens is 270 g/mol. The van der Waals surface area contributed by atoms with Crippen molar-refractivity contribution in [2.75, 3.05) is 13.6 Å². The van der Waals surface area contributed by atoms with Crippen molar-refractivity contribution in [1.29, 1.82) is 0 Å². The fraction of sp³-hybridized carbons (Fsp3) is 0.450. The van der Waals surface area contributed by atoms with Gasteiger partial charge in [-0.25, -0.2) is 0 Å². The smallest absolute Gasteiger partial charge is 0.146 e. The first-order chi connectivity index (χ1) is 10.6. The molecule has 2 heteroatoms. The molecule has 0 amide bonds. The summed E-state index contributed by atoms with van der Waals surface area (Å²) in [5, 5.41) is 2.75. The van der Waals surface area contributed by atoms with Crippen LogP contribution in [0.15, 0.2) is 42.5 Å². The van der Waals surface area contributed by atoms with Gasteiger partial charge < -0.3 is 0 Å². The molecule has 0 radical (unpaired) electrons. The van der Waals surface area contributed by atoms with Gasteiger partial charge in [0.05, 0.1) is 6.04 Å². The second-order valence-electron chi connectivity index (χ2n) is 7.14. The molecule has 114 valence electrons. The van der Waals surface area contributed by atoms with Crippen LogP contribution in [0, 0.1) is 11.8 Å². The molecule has 2 fully saturated rings. The van der Waals surface area contributed by atoms with E-state index in [0.717, 1.165) is 18.9 Å². The summed E-state index contributed by atoms with van der Waals surface area (Å²) < 4.78 is 0. The Kier molecular flexibility index (Phi) is 3.30. The predicted molar refractivity (Wildman–Crippen MR) is 90.0 cm³/mol. The molecule has 2 nitrogen and oxygen atoms in total. The van der Waals surface area contributed by atoms with Gasteiger partial charge in [-0.3, -0.25) is 9.69 Å². The number of rotatable bonds is 3. The summed E-state index contributed by atoms with van der Waals surface area (Å²) in [6, 6.07) is 15.5. The van der Waals surface area contributed by atoms with Crippen LogP contribution < -0.4 is 0 Å². The highest BCUT2D eigenvalue weighted by molar-refractivity contribution is 5.86. The number of fused-ring (bicyclic) bond motifs is 1. The molecule has 4 atom stereocenters. The Morgan fingerprint density at radius 2 is 1.86 bits per heavy atom. The average Bonchev–Trinajstić information content (AvgIpc) is 3.22. The normalized spacial score (nSPS) is 31.5. The van der Waals surface area contributed by atoms with Crippen molar-refractivity contribution in [3.05, 3.63) is 48.0 Å². The summed E-state index contributed by atoms with van der Waals surface area (Å²) in [5.41, 5.74) is 1.51. The lowest BCUT2D eigenvalue weighted by Crippen LogP contribution is -2.30. The standard InChI is InChI=1S/C20H23NO/c1-13(22)20-10-15(12-21(20)2)18-11-19(18)17-9-5-7-14-6-3-4-8-16(14)17/h3-9,15,18-20H,10-12H2,1-2H3. The van der Waals surface area contributed by atoms with Crippen LogP contribution in [0.5, 0.6) is 0 Å². The fourth-order valence-corrected chi connectivity index (χ4v) is 4.49. The quantitative estimate of drug-likeness (QED) is 0.856. The molecule has 4 unspecified atom stereocenters. The van der Waals surface area contributed by atoms with Gasteiger partial charge in [0, 0.05) is 6.54 Å². The summed E-state index contributed by atoms with van der Waals surface area (Å²) in [7, 11) is 2.10. The third-order valence-corrected chi connectivity index (χ3v) is 5.72. The topological polar surface area (TPSA) is 20.3 Å². The summed E-state index contributed by atoms with van der Waals surface area (Å²) >= 11 is 0. The SMILES string of the molecule is CC(=O)C1CC(C2CC2c2cccc3ccccc23)CN1C. The molecule has 2 aromatic rings. The third kappa shape index (κ3) is 2.26. The highest BCUT2D eigenvalue weighted by atomic mass is 16.1. The number of hydrogen-bond donors (Lipinski definition) is 0. The zero-order valence-corrected chi connectivity index (χ0v) is 13.3. The molecule has 0 N–H and O–H groups in total. The van der Waals surface area contributed by atoms with Crippen molar-refractivity contribution in [3.8, 4) is 0 Å². The number of hydrogen-bond acceptors (Lipinski definition) is 2. The first-order valence-electron chi connectivity index (χ1n) is 8.33. The van der Waals surface area contributed by atoms with Crippen molar-refractivity contribution in [3.63, 3.8) is 0 Å². The van der Waals surface area contributed by atoms with E-state index in [0.29, 0.717) is 17.6 Å². The number of likely N-dealkylation sites (tertiary alicyclic amines) is 1. The maximum Gasteiger partial charge on any atom is 0.146 e. The monoisotopic (exact) mass is 293 g/mol. The number of nitrogens with zero attached hydrogens (tertiary/aromatic N) is 1. The molecule has 0 aromatic heterocycles. The van der Waals surface area contributed by atoms with Crippen LogP contribution in [-0.4, -0.2) is 30.3 Å². The fourth-order valence-electron chi connectivity index (χ4n) is 4.49. The minimum absolute atomic E-state index is 0.152. The molecule has 4 rings (SSSR count). The first kappa shape index (κ1) is 14.0. The lowest BCUT2D eigenvalue weighted by Gasteiger charge is -2.15. The van der Waals surface area contributed by atoms with Gasteiger partial charge in [0.25, 0.3) is 0 Å². The minimum Gasteiger partial charge on any atom is -0.298 e. The van der Waals surface area contributed by atoms with E-state index in [4.69, 9.17) is 0 Å². The van der Waals surface area contributed by atoms with Crippen LogP contribution in [0.25, 0.3) is 10.8 Å². The maximum absolute atomic E-state index is 11.7. The number of Topliss-reactive ketones (excluding diaryl/α,β-unsaturated/α-hetero) is 1. The highest BCUT2D eigenvalue weighted by Gasteiger charge is 2.48. The van der Waals surface area contributed by atoms with Crippen LogP contribution in [0.4, 0.5) is 0 Å². The molecule has 1 aliphatic heterocycles. The Bertz CT molecular complexity index is 717. The molecule has 1 saturated heterocycles. The van der Waals surface area contributed by atoms with Gasteiger partial charge >= 0.3 is 0 Å². The van der Waals surface area contributed by atoms with E-state index in [2.05, 4.69) is 54.4 Å². The second-order valence-corrected chi connectivity index (χ2v) is 7.14. The van der Waals surface area contributed by atoms with Gasteiger partial charge in [-0.05, 0) is 60.9 Å². The second kappa shape index (κ2) is 5.20. The molecular formula is C20H23NO. The maximum atomic E-state index is 11.7.